The molecule has 1 N–H and O–H groups in total. The molecule has 0 saturated carbocycles. The number of rotatable bonds is 7. The first-order chi connectivity index (χ1) is 10.0. The lowest BCUT2D eigenvalue weighted by Crippen LogP contribution is -2.49. The van der Waals surface area contributed by atoms with Crippen molar-refractivity contribution in [3.8, 4) is 0 Å². The standard InChI is InChI=1S/C15H26ClN3O2/c1-4-15(2,18-7-5-6-8-18)14(20)13-12(16)11-17-19(13)9-10-21-3/h11,14,20H,4-10H2,1-3H3. The molecular formula is C15H26ClN3O2. The molecule has 0 spiro atoms. The number of aromatic nitrogens is 2. The van der Waals surface area contributed by atoms with Crippen molar-refractivity contribution in [1.29, 1.82) is 0 Å². The number of aliphatic hydroxyl groups excluding tert-OH is 1. The van der Waals surface area contributed by atoms with E-state index in [-0.39, 0.29) is 5.54 Å². The third-order valence-corrected chi connectivity index (χ3v) is 5.02. The molecule has 2 atom stereocenters. The zero-order chi connectivity index (χ0) is 15.5. The van der Waals surface area contributed by atoms with E-state index >= 15 is 0 Å². The van der Waals surface area contributed by atoms with Crippen LogP contribution in [0.25, 0.3) is 0 Å². The molecular weight excluding hydrogens is 290 g/mol. The fourth-order valence-electron chi connectivity index (χ4n) is 3.11. The highest BCUT2D eigenvalue weighted by Gasteiger charge is 2.41. The van der Waals surface area contributed by atoms with Gasteiger partial charge < -0.3 is 9.84 Å². The summed E-state index contributed by atoms with van der Waals surface area (Å²) < 4.78 is 6.87. The summed E-state index contributed by atoms with van der Waals surface area (Å²) in [5.41, 5.74) is 0.385. The number of likely N-dealkylation sites (tertiary alicyclic amines) is 1. The maximum atomic E-state index is 11.0. The molecule has 1 aliphatic rings. The lowest BCUT2D eigenvalue weighted by atomic mass is 9.87. The van der Waals surface area contributed by atoms with Crippen LogP contribution < -0.4 is 0 Å². The minimum absolute atomic E-state index is 0.314. The van der Waals surface area contributed by atoms with E-state index in [1.165, 1.54) is 12.8 Å². The van der Waals surface area contributed by atoms with Crippen molar-refractivity contribution in [3.63, 3.8) is 0 Å². The topological polar surface area (TPSA) is 50.5 Å². The summed E-state index contributed by atoms with van der Waals surface area (Å²) in [6.45, 7) is 7.44. The second kappa shape index (κ2) is 7.09. The van der Waals surface area contributed by atoms with Crippen LogP contribution in [0.2, 0.25) is 5.02 Å². The van der Waals surface area contributed by atoms with Crippen molar-refractivity contribution in [2.75, 3.05) is 26.8 Å². The Morgan fingerprint density at radius 2 is 2.14 bits per heavy atom. The first-order valence-corrected chi connectivity index (χ1v) is 8.05. The molecule has 0 bridgehead atoms. The van der Waals surface area contributed by atoms with Gasteiger partial charge in [0.25, 0.3) is 0 Å². The Hall–Kier alpha value is -0.620. The van der Waals surface area contributed by atoms with Crippen molar-refractivity contribution < 1.29 is 9.84 Å². The van der Waals surface area contributed by atoms with E-state index in [4.69, 9.17) is 16.3 Å². The first kappa shape index (κ1) is 16.7. The number of hydrogen-bond donors (Lipinski definition) is 1. The van der Waals surface area contributed by atoms with Gasteiger partial charge in [0.2, 0.25) is 0 Å². The number of hydrogen-bond acceptors (Lipinski definition) is 4. The van der Waals surface area contributed by atoms with Crippen LogP contribution >= 0.6 is 11.6 Å². The van der Waals surface area contributed by atoms with Crippen LogP contribution in [0.15, 0.2) is 6.20 Å². The molecule has 120 valence electrons. The Kier molecular flexibility index (Phi) is 5.66. The molecule has 1 fully saturated rings. The summed E-state index contributed by atoms with van der Waals surface area (Å²) >= 11 is 6.29. The highest BCUT2D eigenvalue weighted by molar-refractivity contribution is 6.31. The predicted molar refractivity (Wildman–Crippen MR) is 83.6 cm³/mol. The average Bonchev–Trinajstić information content (AvgIpc) is 3.13. The molecule has 1 aliphatic heterocycles. The Morgan fingerprint density at radius 1 is 1.48 bits per heavy atom. The van der Waals surface area contributed by atoms with Gasteiger partial charge in [-0.2, -0.15) is 5.10 Å². The van der Waals surface area contributed by atoms with E-state index in [2.05, 4.69) is 23.8 Å². The van der Waals surface area contributed by atoms with Gasteiger partial charge in [-0.05, 0) is 39.3 Å². The zero-order valence-corrected chi connectivity index (χ0v) is 13.9. The van der Waals surface area contributed by atoms with E-state index in [1.807, 2.05) is 0 Å². The quantitative estimate of drug-likeness (QED) is 0.840. The van der Waals surface area contributed by atoms with Crippen LogP contribution in [0.1, 0.15) is 44.9 Å². The van der Waals surface area contributed by atoms with E-state index in [0.29, 0.717) is 23.9 Å². The molecule has 2 rings (SSSR count). The molecule has 0 radical (unpaired) electrons. The fraction of sp³-hybridized carbons (Fsp3) is 0.800. The summed E-state index contributed by atoms with van der Waals surface area (Å²) in [6, 6.07) is 0. The third-order valence-electron chi connectivity index (χ3n) is 4.73. The minimum Gasteiger partial charge on any atom is -0.385 e. The molecule has 2 heterocycles. The molecule has 1 aromatic heterocycles. The molecule has 6 heteroatoms. The van der Waals surface area contributed by atoms with Gasteiger partial charge in [0.05, 0.1) is 30.1 Å². The summed E-state index contributed by atoms with van der Waals surface area (Å²) in [4.78, 5) is 2.38. The number of methoxy groups -OCH3 is 1. The van der Waals surface area contributed by atoms with Gasteiger partial charge in [-0.3, -0.25) is 9.58 Å². The Morgan fingerprint density at radius 3 is 2.71 bits per heavy atom. The van der Waals surface area contributed by atoms with Crippen molar-refractivity contribution in [1.82, 2.24) is 14.7 Å². The monoisotopic (exact) mass is 315 g/mol. The molecule has 0 amide bonds. The molecule has 2 unspecified atom stereocenters. The summed E-state index contributed by atoms with van der Waals surface area (Å²) in [6.07, 6.45) is 4.20. The van der Waals surface area contributed by atoms with Gasteiger partial charge in [-0.25, -0.2) is 0 Å². The van der Waals surface area contributed by atoms with Crippen LogP contribution in [0.3, 0.4) is 0 Å². The number of ether oxygens (including phenoxy) is 1. The number of aliphatic hydroxyl groups is 1. The van der Waals surface area contributed by atoms with Gasteiger partial charge in [0.1, 0.15) is 6.10 Å². The largest absolute Gasteiger partial charge is 0.385 e. The maximum Gasteiger partial charge on any atom is 0.115 e. The van der Waals surface area contributed by atoms with Crippen LogP contribution in [0.5, 0.6) is 0 Å². The van der Waals surface area contributed by atoms with Gasteiger partial charge in [0, 0.05) is 12.6 Å². The Labute approximate surface area is 131 Å². The summed E-state index contributed by atoms with van der Waals surface area (Å²) in [7, 11) is 1.65. The van der Waals surface area contributed by atoms with E-state index in [1.54, 1.807) is 18.0 Å². The Bertz CT molecular complexity index is 460. The fourth-order valence-corrected chi connectivity index (χ4v) is 3.36. The highest BCUT2D eigenvalue weighted by atomic mass is 35.5. The van der Waals surface area contributed by atoms with Crippen molar-refractivity contribution in [3.05, 3.63) is 16.9 Å². The molecule has 21 heavy (non-hydrogen) atoms. The molecule has 0 aromatic carbocycles. The third kappa shape index (κ3) is 3.26. The van der Waals surface area contributed by atoms with E-state index < -0.39 is 6.10 Å². The van der Waals surface area contributed by atoms with E-state index in [9.17, 15) is 5.11 Å². The summed E-state index contributed by atoms with van der Waals surface area (Å²) in [5, 5.41) is 15.8. The molecule has 0 aliphatic carbocycles. The molecule has 1 saturated heterocycles. The maximum absolute atomic E-state index is 11.0. The van der Waals surface area contributed by atoms with Crippen molar-refractivity contribution >= 4 is 11.6 Å². The van der Waals surface area contributed by atoms with Gasteiger partial charge in [-0.15, -0.1) is 0 Å². The van der Waals surface area contributed by atoms with Crippen molar-refractivity contribution in [2.24, 2.45) is 0 Å². The van der Waals surface area contributed by atoms with Gasteiger partial charge in [0.15, 0.2) is 0 Å². The molecule has 1 aromatic rings. The van der Waals surface area contributed by atoms with Crippen LogP contribution in [-0.4, -0.2) is 52.1 Å². The SMILES string of the molecule is CCC(C)(C(O)c1c(Cl)cnn1CCOC)N1CCCC1. The summed E-state index contributed by atoms with van der Waals surface area (Å²) in [5.74, 6) is 0. The smallest absolute Gasteiger partial charge is 0.115 e. The zero-order valence-electron chi connectivity index (χ0n) is 13.2. The lowest BCUT2D eigenvalue weighted by Gasteiger charge is -2.42. The highest BCUT2D eigenvalue weighted by Crippen LogP contribution is 2.38. The van der Waals surface area contributed by atoms with E-state index in [0.717, 1.165) is 19.5 Å². The number of nitrogens with zero attached hydrogens (tertiary/aromatic N) is 3. The first-order valence-electron chi connectivity index (χ1n) is 7.67. The predicted octanol–water partition coefficient (Wildman–Crippen LogP) is 2.48. The normalized spacial score (nSPS) is 20.6. The average molecular weight is 316 g/mol. The molecule has 5 nitrogen and oxygen atoms in total. The second-order valence-corrected chi connectivity index (χ2v) is 6.31. The number of halogens is 1. The minimum atomic E-state index is -0.660. The lowest BCUT2D eigenvalue weighted by molar-refractivity contribution is -0.0192. The van der Waals surface area contributed by atoms with Crippen LogP contribution in [-0.2, 0) is 11.3 Å². The Balaban J connectivity index is 2.28. The van der Waals surface area contributed by atoms with Gasteiger partial charge >= 0.3 is 0 Å². The van der Waals surface area contributed by atoms with Crippen LogP contribution in [0, 0.1) is 0 Å². The van der Waals surface area contributed by atoms with Crippen molar-refractivity contribution in [2.45, 2.75) is 51.3 Å². The second-order valence-electron chi connectivity index (χ2n) is 5.90. The van der Waals surface area contributed by atoms with Gasteiger partial charge in [-0.1, -0.05) is 18.5 Å². The van der Waals surface area contributed by atoms with Crippen LogP contribution in [0.4, 0.5) is 0 Å².